The molecule has 0 atom stereocenters. The van der Waals surface area contributed by atoms with E-state index in [0.29, 0.717) is 16.4 Å². The van der Waals surface area contributed by atoms with Crippen LogP contribution in [0.1, 0.15) is 13.3 Å². The summed E-state index contributed by atoms with van der Waals surface area (Å²) in [6, 6.07) is 4.51. The van der Waals surface area contributed by atoms with Crippen LogP contribution < -0.4 is 15.4 Å². The van der Waals surface area contributed by atoms with Gasteiger partial charge in [-0.15, -0.1) is 0 Å². The van der Waals surface area contributed by atoms with Gasteiger partial charge in [0.1, 0.15) is 0 Å². The molecule has 6 nitrogen and oxygen atoms in total. The molecule has 0 spiro atoms. The van der Waals surface area contributed by atoms with Gasteiger partial charge in [0.15, 0.2) is 0 Å². The van der Waals surface area contributed by atoms with Crippen LogP contribution in [-0.4, -0.2) is 33.7 Å². The molecule has 1 amide bonds. The van der Waals surface area contributed by atoms with Crippen LogP contribution in [0.5, 0.6) is 0 Å². The van der Waals surface area contributed by atoms with Crippen molar-refractivity contribution in [3.8, 4) is 0 Å². The normalized spacial score (nSPS) is 11.2. The van der Waals surface area contributed by atoms with E-state index in [0.717, 1.165) is 19.2 Å². The average Bonchev–Trinajstić information content (AvgIpc) is 2.32. The predicted molar refractivity (Wildman–Crippen MR) is 81.7 cm³/mol. The molecule has 0 aromatic heterocycles. The Morgan fingerprint density at radius 1 is 1.35 bits per heavy atom. The maximum atomic E-state index is 11.7. The first-order valence-corrected chi connectivity index (χ1v) is 8.36. The highest BCUT2D eigenvalue weighted by molar-refractivity contribution is 7.92. The van der Waals surface area contributed by atoms with Crippen LogP contribution in [0.15, 0.2) is 18.2 Å². The smallest absolute Gasteiger partial charge is 0.238 e. The summed E-state index contributed by atoms with van der Waals surface area (Å²) in [4.78, 5) is 11.7. The van der Waals surface area contributed by atoms with Crippen molar-refractivity contribution in [2.45, 2.75) is 13.3 Å². The van der Waals surface area contributed by atoms with E-state index in [1.807, 2.05) is 6.92 Å². The number of hydrogen-bond donors (Lipinski definition) is 3. The van der Waals surface area contributed by atoms with Gasteiger partial charge in [0.25, 0.3) is 0 Å². The highest BCUT2D eigenvalue weighted by atomic mass is 35.5. The van der Waals surface area contributed by atoms with E-state index in [2.05, 4.69) is 15.4 Å². The number of carbonyl (C=O) groups is 1. The third kappa shape index (κ3) is 6.23. The lowest BCUT2D eigenvalue weighted by molar-refractivity contribution is -0.115. The van der Waals surface area contributed by atoms with Crippen molar-refractivity contribution >= 4 is 38.9 Å². The zero-order chi connectivity index (χ0) is 15.2. The molecule has 0 aliphatic carbocycles. The van der Waals surface area contributed by atoms with Crippen LogP contribution in [0.4, 0.5) is 11.4 Å². The summed E-state index contributed by atoms with van der Waals surface area (Å²) in [6.07, 6.45) is 1.98. The van der Waals surface area contributed by atoms with Gasteiger partial charge in [-0.3, -0.25) is 9.52 Å². The Morgan fingerprint density at radius 3 is 2.65 bits per heavy atom. The summed E-state index contributed by atoms with van der Waals surface area (Å²) in [6.45, 7) is 2.92. The Labute approximate surface area is 123 Å². The lowest BCUT2D eigenvalue weighted by Crippen LogP contribution is -2.28. The Hall–Kier alpha value is -1.31. The summed E-state index contributed by atoms with van der Waals surface area (Å²) in [5, 5.41) is 5.93. The zero-order valence-electron chi connectivity index (χ0n) is 11.4. The number of amides is 1. The number of carbonyl (C=O) groups excluding carboxylic acids is 1. The van der Waals surface area contributed by atoms with Gasteiger partial charge in [0.05, 0.1) is 29.2 Å². The fraction of sp³-hybridized carbons (Fsp3) is 0.417. The molecule has 0 heterocycles. The summed E-state index contributed by atoms with van der Waals surface area (Å²) in [5.74, 6) is -0.239. The minimum atomic E-state index is -3.37. The van der Waals surface area contributed by atoms with Crippen molar-refractivity contribution in [1.82, 2.24) is 5.32 Å². The van der Waals surface area contributed by atoms with E-state index < -0.39 is 10.0 Å². The Bertz CT molecular complexity index is 575. The van der Waals surface area contributed by atoms with Crippen molar-refractivity contribution in [3.63, 3.8) is 0 Å². The van der Waals surface area contributed by atoms with Crippen LogP contribution in [-0.2, 0) is 14.8 Å². The van der Waals surface area contributed by atoms with Gasteiger partial charge in [0.2, 0.25) is 15.9 Å². The molecule has 1 aromatic rings. The first-order valence-electron chi connectivity index (χ1n) is 6.09. The molecule has 20 heavy (non-hydrogen) atoms. The third-order valence-electron chi connectivity index (χ3n) is 2.26. The quantitative estimate of drug-likeness (QED) is 0.667. The predicted octanol–water partition coefficient (Wildman–Crippen LogP) is 1.65. The first-order chi connectivity index (χ1) is 9.31. The second-order valence-electron chi connectivity index (χ2n) is 4.29. The third-order valence-corrected chi connectivity index (χ3v) is 3.19. The number of halogens is 1. The molecule has 3 N–H and O–H groups in total. The van der Waals surface area contributed by atoms with E-state index in [1.165, 1.54) is 18.2 Å². The average molecular weight is 320 g/mol. The lowest BCUT2D eigenvalue weighted by atomic mass is 10.3. The van der Waals surface area contributed by atoms with Gasteiger partial charge in [0, 0.05) is 0 Å². The van der Waals surface area contributed by atoms with Crippen LogP contribution in [0, 0.1) is 0 Å². The molecule has 0 aliphatic heterocycles. The number of nitrogens with one attached hydrogen (secondary N) is 3. The molecule has 0 radical (unpaired) electrons. The molecule has 0 bridgehead atoms. The highest BCUT2D eigenvalue weighted by Crippen LogP contribution is 2.25. The minimum absolute atomic E-state index is 0.175. The second kappa shape index (κ2) is 7.47. The summed E-state index contributed by atoms with van der Waals surface area (Å²) >= 11 is 5.96. The van der Waals surface area contributed by atoms with Gasteiger partial charge in [-0.2, -0.15) is 0 Å². The van der Waals surface area contributed by atoms with Crippen molar-refractivity contribution in [1.29, 1.82) is 0 Å². The van der Waals surface area contributed by atoms with Crippen LogP contribution in [0.2, 0.25) is 5.02 Å². The fourth-order valence-electron chi connectivity index (χ4n) is 1.47. The summed E-state index contributed by atoms with van der Waals surface area (Å²) in [5.41, 5.74) is 0.706. The number of benzene rings is 1. The minimum Gasteiger partial charge on any atom is -0.324 e. The van der Waals surface area contributed by atoms with Gasteiger partial charge in [-0.05, 0) is 31.2 Å². The van der Waals surface area contributed by atoms with Gasteiger partial charge in [-0.25, -0.2) is 8.42 Å². The number of sulfonamides is 1. The highest BCUT2D eigenvalue weighted by Gasteiger charge is 2.08. The Kier molecular flexibility index (Phi) is 6.25. The van der Waals surface area contributed by atoms with Crippen molar-refractivity contribution < 1.29 is 13.2 Å². The molecular weight excluding hydrogens is 302 g/mol. The maximum Gasteiger partial charge on any atom is 0.238 e. The molecule has 112 valence electrons. The molecule has 0 unspecified atom stereocenters. The largest absolute Gasteiger partial charge is 0.324 e. The second-order valence-corrected chi connectivity index (χ2v) is 6.45. The topological polar surface area (TPSA) is 87.3 Å². The van der Waals surface area contributed by atoms with Crippen molar-refractivity contribution in [3.05, 3.63) is 23.2 Å². The van der Waals surface area contributed by atoms with E-state index >= 15 is 0 Å². The molecule has 8 heteroatoms. The monoisotopic (exact) mass is 319 g/mol. The first kappa shape index (κ1) is 16.7. The summed E-state index contributed by atoms with van der Waals surface area (Å²) in [7, 11) is -3.37. The molecule has 0 fully saturated rings. The standard InChI is InChI=1S/C12H18ClN3O3S/c1-3-6-14-8-12(17)15-11-7-9(4-5-10(11)13)16-20(2,18)19/h4-5,7,14,16H,3,6,8H2,1-2H3,(H,15,17). The molecule has 1 rings (SSSR count). The molecular formula is C12H18ClN3O3S. The molecule has 1 aromatic carbocycles. The van der Waals surface area contributed by atoms with E-state index in [1.54, 1.807) is 0 Å². The van der Waals surface area contributed by atoms with Crippen molar-refractivity contribution in [2.75, 3.05) is 29.4 Å². The number of anilines is 2. The Morgan fingerprint density at radius 2 is 2.05 bits per heavy atom. The number of hydrogen-bond acceptors (Lipinski definition) is 4. The zero-order valence-corrected chi connectivity index (χ0v) is 12.9. The van der Waals surface area contributed by atoms with Gasteiger partial charge in [-0.1, -0.05) is 18.5 Å². The summed E-state index contributed by atoms with van der Waals surface area (Å²) < 4.78 is 24.6. The van der Waals surface area contributed by atoms with Gasteiger partial charge >= 0.3 is 0 Å². The Balaban J connectivity index is 2.74. The molecule has 0 aliphatic rings. The molecule has 0 saturated carbocycles. The fourth-order valence-corrected chi connectivity index (χ4v) is 2.19. The molecule has 0 saturated heterocycles. The SMILES string of the molecule is CCCNCC(=O)Nc1cc(NS(C)(=O)=O)ccc1Cl. The van der Waals surface area contributed by atoms with Crippen LogP contribution >= 0.6 is 11.6 Å². The lowest BCUT2D eigenvalue weighted by Gasteiger charge is -2.10. The van der Waals surface area contributed by atoms with Crippen LogP contribution in [0.25, 0.3) is 0 Å². The maximum absolute atomic E-state index is 11.7. The van der Waals surface area contributed by atoms with E-state index in [4.69, 9.17) is 11.6 Å². The van der Waals surface area contributed by atoms with E-state index in [-0.39, 0.29) is 12.5 Å². The van der Waals surface area contributed by atoms with Gasteiger partial charge < -0.3 is 10.6 Å². The number of rotatable bonds is 7. The van der Waals surface area contributed by atoms with Crippen molar-refractivity contribution in [2.24, 2.45) is 0 Å². The van der Waals surface area contributed by atoms with E-state index in [9.17, 15) is 13.2 Å². The van der Waals surface area contributed by atoms with Crippen LogP contribution in [0.3, 0.4) is 0 Å².